The van der Waals surface area contributed by atoms with Crippen LogP contribution in [0.3, 0.4) is 0 Å². The van der Waals surface area contributed by atoms with E-state index >= 15 is 0 Å². The quantitative estimate of drug-likeness (QED) is 0.757. The Hall–Kier alpha value is -0.870. The third-order valence-corrected chi connectivity index (χ3v) is 3.49. The number of H-pyrrole nitrogens is 1. The van der Waals surface area contributed by atoms with Crippen LogP contribution in [0.4, 0.5) is 0 Å². The number of aromatic amines is 1. The van der Waals surface area contributed by atoms with Crippen LogP contribution in [-0.4, -0.2) is 40.5 Å². The van der Waals surface area contributed by atoms with Crippen molar-refractivity contribution in [3.63, 3.8) is 0 Å². The smallest absolute Gasteiger partial charge is 0.0925 e. The Morgan fingerprint density at radius 2 is 2.40 bits per heavy atom. The molecule has 0 spiro atoms. The summed E-state index contributed by atoms with van der Waals surface area (Å²) in [7, 11) is 2.24. The molecule has 1 aromatic heterocycles. The molecule has 2 aliphatic rings. The van der Waals surface area contributed by atoms with E-state index in [1.165, 1.54) is 24.2 Å². The molecule has 2 N–H and O–H groups in total. The lowest BCUT2D eigenvalue weighted by atomic mass is 10.1. The highest BCUT2D eigenvalue weighted by Crippen LogP contribution is 2.26. The van der Waals surface area contributed by atoms with Crippen LogP contribution >= 0.6 is 0 Å². The summed E-state index contributed by atoms with van der Waals surface area (Å²) >= 11 is 0. The van der Waals surface area contributed by atoms with Gasteiger partial charge in [-0.1, -0.05) is 0 Å². The first-order chi connectivity index (χ1) is 7.33. The number of imidazole rings is 1. The molecular weight excluding hydrogens is 188 g/mol. The van der Waals surface area contributed by atoms with Crippen LogP contribution < -0.4 is 5.32 Å². The lowest BCUT2D eigenvalue weighted by Crippen LogP contribution is -2.44. The molecule has 1 aromatic rings. The number of nitrogens with one attached hydrogen (secondary N) is 2. The monoisotopic (exact) mass is 206 g/mol. The largest absolute Gasteiger partial charge is 0.347 e. The van der Waals surface area contributed by atoms with Crippen molar-refractivity contribution in [3.8, 4) is 0 Å². The van der Waals surface area contributed by atoms with Crippen molar-refractivity contribution >= 4 is 0 Å². The van der Waals surface area contributed by atoms with E-state index in [1.807, 2.05) is 0 Å². The number of likely N-dealkylation sites (N-methyl/N-ethyl adjacent to an activating group) is 1. The number of nitrogens with zero attached hydrogens (tertiary/aromatic N) is 2. The van der Waals surface area contributed by atoms with Gasteiger partial charge < -0.3 is 15.2 Å². The molecule has 0 aromatic carbocycles. The standard InChI is InChI=1S/C11H18N4/c1-15(9-2-3-9)6-8-4-10-11(5-12-8)14-7-13-10/h7-9,12H,2-6H2,1H3,(H,13,14). The zero-order chi connectivity index (χ0) is 10.3. The van der Waals surface area contributed by atoms with Gasteiger partial charge in [0.2, 0.25) is 0 Å². The van der Waals surface area contributed by atoms with Crippen molar-refractivity contribution in [1.82, 2.24) is 20.2 Å². The normalized spacial score (nSPS) is 25.6. The van der Waals surface area contributed by atoms with Crippen molar-refractivity contribution < 1.29 is 0 Å². The van der Waals surface area contributed by atoms with Crippen molar-refractivity contribution in [1.29, 1.82) is 0 Å². The molecular formula is C11H18N4. The summed E-state index contributed by atoms with van der Waals surface area (Å²) in [5.74, 6) is 0. The first-order valence-corrected chi connectivity index (χ1v) is 5.77. The summed E-state index contributed by atoms with van der Waals surface area (Å²) in [6.07, 6.45) is 5.64. The average molecular weight is 206 g/mol. The number of aromatic nitrogens is 2. The number of hydrogen-bond donors (Lipinski definition) is 2. The topological polar surface area (TPSA) is 44.0 Å². The van der Waals surface area contributed by atoms with Gasteiger partial charge in [-0.15, -0.1) is 0 Å². The van der Waals surface area contributed by atoms with Gasteiger partial charge in [0.25, 0.3) is 0 Å². The van der Waals surface area contributed by atoms with Crippen LogP contribution in [0.25, 0.3) is 0 Å². The van der Waals surface area contributed by atoms with Gasteiger partial charge in [0, 0.05) is 31.6 Å². The molecule has 1 saturated carbocycles. The molecule has 15 heavy (non-hydrogen) atoms. The maximum absolute atomic E-state index is 4.36. The van der Waals surface area contributed by atoms with E-state index in [9.17, 15) is 0 Å². The van der Waals surface area contributed by atoms with Crippen molar-refractivity contribution in [2.75, 3.05) is 13.6 Å². The molecule has 82 valence electrons. The highest BCUT2D eigenvalue weighted by atomic mass is 15.2. The van der Waals surface area contributed by atoms with Crippen molar-refractivity contribution in [3.05, 3.63) is 17.7 Å². The highest BCUT2D eigenvalue weighted by Gasteiger charge is 2.29. The van der Waals surface area contributed by atoms with Gasteiger partial charge in [-0.05, 0) is 19.9 Å². The van der Waals surface area contributed by atoms with E-state index in [0.29, 0.717) is 6.04 Å². The zero-order valence-electron chi connectivity index (χ0n) is 9.16. The van der Waals surface area contributed by atoms with E-state index in [1.54, 1.807) is 6.33 Å². The molecule has 3 rings (SSSR count). The van der Waals surface area contributed by atoms with E-state index in [-0.39, 0.29) is 0 Å². The molecule has 0 radical (unpaired) electrons. The molecule has 1 fully saturated rings. The summed E-state index contributed by atoms with van der Waals surface area (Å²) in [5.41, 5.74) is 2.52. The second kappa shape index (κ2) is 3.61. The number of rotatable bonds is 3. The van der Waals surface area contributed by atoms with E-state index in [2.05, 4.69) is 27.2 Å². The summed E-state index contributed by atoms with van der Waals surface area (Å²) in [6, 6.07) is 1.43. The predicted molar refractivity (Wildman–Crippen MR) is 58.6 cm³/mol. The molecule has 2 heterocycles. The lowest BCUT2D eigenvalue weighted by molar-refractivity contribution is 0.271. The molecule has 4 nitrogen and oxygen atoms in total. The number of hydrogen-bond acceptors (Lipinski definition) is 3. The van der Waals surface area contributed by atoms with Crippen molar-refractivity contribution in [2.24, 2.45) is 0 Å². The van der Waals surface area contributed by atoms with Crippen LogP contribution in [0.5, 0.6) is 0 Å². The Balaban J connectivity index is 1.60. The van der Waals surface area contributed by atoms with Crippen LogP contribution in [0.1, 0.15) is 24.2 Å². The molecule has 1 unspecified atom stereocenters. The minimum absolute atomic E-state index is 0.575. The fraction of sp³-hybridized carbons (Fsp3) is 0.727. The van der Waals surface area contributed by atoms with Gasteiger partial charge in [-0.2, -0.15) is 0 Å². The Kier molecular flexibility index (Phi) is 2.25. The molecule has 0 bridgehead atoms. The van der Waals surface area contributed by atoms with Gasteiger partial charge in [0.1, 0.15) is 0 Å². The summed E-state index contributed by atoms with van der Waals surface area (Å²) in [4.78, 5) is 10.0. The second-order valence-corrected chi connectivity index (χ2v) is 4.78. The summed E-state index contributed by atoms with van der Waals surface area (Å²) < 4.78 is 0. The molecule has 1 aliphatic heterocycles. The van der Waals surface area contributed by atoms with Crippen LogP contribution in [-0.2, 0) is 13.0 Å². The molecule has 1 aliphatic carbocycles. The van der Waals surface area contributed by atoms with Gasteiger partial charge in [0.05, 0.1) is 17.7 Å². The van der Waals surface area contributed by atoms with Crippen LogP contribution in [0.2, 0.25) is 0 Å². The lowest BCUT2D eigenvalue weighted by Gasteiger charge is -2.27. The predicted octanol–water partition coefficient (Wildman–Crippen LogP) is 0.518. The molecule has 0 amide bonds. The van der Waals surface area contributed by atoms with Gasteiger partial charge in [-0.3, -0.25) is 0 Å². The fourth-order valence-electron chi connectivity index (χ4n) is 2.37. The maximum atomic E-state index is 4.36. The molecule has 4 heteroatoms. The summed E-state index contributed by atoms with van der Waals surface area (Å²) in [6.45, 7) is 2.09. The molecule has 1 atom stereocenters. The van der Waals surface area contributed by atoms with Gasteiger partial charge in [-0.25, -0.2) is 4.98 Å². The number of fused-ring (bicyclic) bond motifs is 1. The fourth-order valence-corrected chi connectivity index (χ4v) is 2.37. The Bertz CT molecular complexity index is 342. The average Bonchev–Trinajstić information content (AvgIpc) is 2.98. The first kappa shape index (κ1) is 9.36. The zero-order valence-corrected chi connectivity index (χ0v) is 9.16. The van der Waals surface area contributed by atoms with Gasteiger partial charge >= 0.3 is 0 Å². The maximum Gasteiger partial charge on any atom is 0.0925 e. The van der Waals surface area contributed by atoms with E-state index in [4.69, 9.17) is 0 Å². The van der Waals surface area contributed by atoms with Crippen LogP contribution in [0, 0.1) is 0 Å². The van der Waals surface area contributed by atoms with Gasteiger partial charge in [0.15, 0.2) is 0 Å². The molecule has 0 saturated heterocycles. The minimum atomic E-state index is 0.575. The Morgan fingerprint density at radius 3 is 3.20 bits per heavy atom. The first-order valence-electron chi connectivity index (χ1n) is 5.77. The minimum Gasteiger partial charge on any atom is -0.347 e. The van der Waals surface area contributed by atoms with Crippen LogP contribution in [0.15, 0.2) is 6.33 Å². The SMILES string of the molecule is CN(CC1Cc2nc[nH]c2CN1)C1CC1. The highest BCUT2D eigenvalue weighted by molar-refractivity contribution is 5.16. The van der Waals surface area contributed by atoms with Crippen molar-refractivity contribution in [2.45, 2.75) is 37.9 Å². The van der Waals surface area contributed by atoms with E-state index < -0.39 is 0 Å². The van der Waals surface area contributed by atoms with E-state index in [0.717, 1.165) is 25.6 Å². The Morgan fingerprint density at radius 1 is 1.53 bits per heavy atom. The third-order valence-electron chi connectivity index (χ3n) is 3.49. The Labute approximate surface area is 90.1 Å². The summed E-state index contributed by atoms with van der Waals surface area (Å²) in [5, 5.41) is 3.56. The third kappa shape index (κ3) is 1.92. The second-order valence-electron chi connectivity index (χ2n) is 4.78.